The molecule has 0 fully saturated rings. The first-order valence-electron chi connectivity index (χ1n) is 5.51. The Morgan fingerprint density at radius 2 is 2.06 bits per heavy atom. The first kappa shape index (κ1) is 14.5. The largest absolute Gasteiger partial charge is 0.493 e. The van der Waals surface area contributed by atoms with Gasteiger partial charge in [0.15, 0.2) is 9.84 Å². The van der Waals surface area contributed by atoms with E-state index in [1.54, 1.807) is 6.07 Å². The van der Waals surface area contributed by atoms with Crippen LogP contribution in [0.15, 0.2) is 24.3 Å². The molecular weight excluding hydrogens is 256 g/mol. The minimum Gasteiger partial charge on any atom is -0.493 e. The van der Waals surface area contributed by atoms with Gasteiger partial charge in [0.25, 0.3) is 0 Å². The highest BCUT2D eigenvalue weighted by atomic mass is 32.2. The van der Waals surface area contributed by atoms with Gasteiger partial charge in [-0.1, -0.05) is 12.1 Å². The summed E-state index contributed by atoms with van der Waals surface area (Å²) in [6, 6.07) is 7.29. The summed E-state index contributed by atoms with van der Waals surface area (Å²) < 4.78 is 28.2. The van der Waals surface area contributed by atoms with Crippen molar-refractivity contribution in [3.05, 3.63) is 29.8 Å². The van der Waals surface area contributed by atoms with Gasteiger partial charge in [0.1, 0.15) is 12.4 Å². The SMILES string of the molecule is Cc1cccc(OCCS(=O)(=O)CCC(=O)O)c1. The number of rotatable bonds is 7. The van der Waals surface area contributed by atoms with Gasteiger partial charge in [0.05, 0.1) is 17.9 Å². The Morgan fingerprint density at radius 3 is 2.67 bits per heavy atom. The maximum Gasteiger partial charge on any atom is 0.304 e. The number of aliphatic carboxylic acids is 1. The number of aryl methyl sites for hydroxylation is 1. The molecule has 0 bridgehead atoms. The van der Waals surface area contributed by atoms with Crippen molar-refractivity contribution in [1.82, 2.24) is 0 Å². The first-order valence-corrected chi connectivity index (χ1v) is 7.33. The number of carbonyl (C=O) groups is 1. The standard InChI is InChI=1S/C12H16O5S/c1-10-3-2-4-11(9-10)17-6-8-18(15,16)7-5-12(13)14/h2-4,9H,5-8H2,1H3,(H,13,14). The van der Waals surface area contributed by atoms with E-state index in [-0.39, 0.29) is 24.5 Å². The van der Waals surface area contributed by atoms with Crippen molar-refractivity contribution in [3.8, 4) is 5.75 Å². The summed E-state index contributed by atoms with van der Waals surface area (Å²) in [5, 5.41) is 8.42. The molecule has 18 heavy (non-hydrogen) atoms. The van der Waals surface area contributed by atoms with E-state index in [2.05, 4.69) is 0 Å². The third kappa shape index (κ3) is 5.67. The number of hydrogen-bond acceptors (Lipinski definition) is 4. The predicted molar refractivity (Wildman–Crippen MR) is 67.6 cm³/mol. The molecule has 100 valence electrons. The van der Waals surface area contributed by atoms with Crippen LogP contribution >= 0.6 is 0 Å². The zero-order valence-corrected chi connectivity index (χ0v) is 10.9. The molecule has 0 aliphatic carbocycles. The van der Waals surface area contributed by atoms with Crippen molar-refractivity contribution in [1.29, 1.82) is 0 Å². The fraction of sp³-hybridized carbons (Fsp3) is 0.417. The molecule has 0 aromatic heterocycles. The molecule has 1 rings (SSSR count). The molecule has 0 amide bonds. The Balaban J connectivity index is 2.39. The highest BCUT2D eigenvalue weighted by Crippen LogP contribution is 2.12. The molecule has 0 atom stereocenters. The molecule has 0 spiro atoms. The van der Waals surface area contributed by atoms with Gasteiger partial charge >= 0.3 is 5.97 Å². The smallest absolute Gasteiger partial charge is 0.304 e. The van der Waals surface area contributed by atoms with Crippen molar-refractivity contribution in [3.63, 3.8) is 0 Å². The monoisotopic (exact) mass is 272 g/mol. The number of benzene rings is 1. The van der Waals surface area contributed by atoms with Crippen LogP contribution < -0.4 is 4.74 Å². The molecule has 0 heterocycles. The zero-order chi connectivity index (χ0) is 13.6. The number of sulfone groups is 1. The van der Waals surface area contributed by atoms with Crippen molar-refractivity contribution >= 4 is 15.8 Å². The first-order chi connectivity index (χ1) is 8.39. The fourth-order valence-electron chi connectivity index (χ4n) is 1.34. The molecule has 0 aliphatic rings. The van der Waals surface area contributed by atoms with Gasteiger partial charge in [-0.3, -0.25) is 4.79 Å². The minimum absolute atomic E-state index is 0.0331. The Labute approximate surface area is 106 Å². The van der Waals surface area contributed by atoms with E-state index >= 15 is 0 Å². The molecule has 0 saturated heterocycles. The second-order valence-corrected chi connectivity index (χ2v) is 6.26. The van der Waals surface area contributed by atoms with E-state index < -0.39 is 15.8 Å². The molecule has 1 aromatic rings. The summed E-state index contributed by atoms with van der Waals surface area (Å²) in [5.74, 6) is -1.02. The van der Waals surface area contributed by atoms with E-state index in [1.165, 1.54) is 0 Å². The van der Waals surface area contributed by atoms with Crippen LogP contribution in [0.2, 0.25) is 0 Å². The molecule has 0 unspecified atom stereocenters. The van der Waals surface area contributed by atoms with Crippen LogP contribution in [0.4, 0.5) is 0 Å². The maximum absolute atomic E-state index is 11.4. The Morgan fingerprint density at radius 1 is 1.33 bits per heavy atom. The van der Waals surface area contributed by atoms with Gasteiger partial charge in [-0.15, -0.1) is 0 Å². The summed E-state index contributed by atoms with van der Waals surface area (Å²) in [5.41, 5.74) is 1.03. The summed E-state index contributed by atoms with van der Waals surface area (Å²) in [6.07, 6.45) is -0.368. The maximum atomic E-state index is 11.4. The number of carboxylic acid groups (broad SMARTS) is 1. The molecule has 1 aromatic carbocycles. The van der Waals surface area contributed by atoms with Gasteiger partial charge in [-0.25, -0.2) is 8.42 Å². The van der Waals surface area contributed by atoms with Gasteiger partial charge in [0, 0.05) is 0 Å². The van der Waals surface area contributed by atoms with E-state index in [4.69, 9.17) is 9.84 Å². The van der Waals surface area contributed by atoms with E-state index in [0.29, 0.717) is 5.75 Å². The predicted octanol–water partition coefficient (Wildman–Crippen LogP) is 1.26. The molecule has 1 N–H and O–H groups in total. The summed E-state index contributed by atoms with van der Waals surface area (Å²) in [7, 11) is -3.36. The molecule has 6 heteroatoms. The van der Waals surface area contributed by atoms with Crippen molar-refractivity contribution < 1.29 is 23.1 Å². The Hall–Kier alpha value is -1.56. The third-order valence-electron chi connectivity index (χ3n) is 2.28. The van der Waals surface area contributed by atoms with Crippen LogP contribution in [0.5, 0.6) is 5.75 Å². The van der Waals surface area contributed by atoms with Crippen LogP contribution in [0, 0.1) is 6.92 Å². The molecule has 5 nitrogen and oxygen atoms in total. The van der Waals surface area contributed by atoms with Gasteiger partial charge in [-0.2, -0.15) is 0 Å². The number of hydrogen-bond donors (Lipinski definition) is 1. The van der Waals surface area contributed by atoms with Crippen LogP contribution in [0.3, 0.4) is 0 Å². The van der Waals surface area contributed by atoms with Crippen LogP contribution in [-0.2, 0) is 14.6 Å². The van der Waals surface area contributed by atoms with E-state index in [0.717, 1.165) is 5.56 Å². The van der Waals surface area contributed by atoms with Gasteiger partial charge < -0.3 is 9.84 Å². The van der Waals surface area contributed by atoms with E-state index in [9.17, 15) is 13.2 Å². The highest BCUT2D eigenvalue weighted by Gasteiger charge is 2.13. The fourth-order valence-corrected chi connectivity index (χ4v) is 2.36. The van der Waals surface area contributed by atoms with Crippen molar-refractivity contribution in [2.75, 3.05) is 18.1 Å². The van der Waals surface area contributed by atoms with Crippen LogP contribution in [-0.4, -0.2) is 37.6 Å². The van der Waals surface area contributed by atoms with Gasteiger partial charge in [-0.05, 0) is 24.6 Å². The number of carboxylic acids is 1. The van der Waals surface area contributed by atoms with E-state index in [1.807, 2.05) is 25.1 Å². The topological polar surface area (TPSA) is 80.7 Å². The highest BCUT2D eigenvalue weighted by molar-refractivity contribution is 7.91. The lowest BCUT2D eigenvalue weighted by molar-refractivity contribution is -0.136. The van der Waals surface area contributed by atoms with Crippen LogP contribution in [0.1, 0.15) is 12.0 Å². The minimum atomic E-state index is -3.36. The lowest BCUT2D eigenvalue weighted by Gasteiger charge is -2.07. The second kappa shape index (κ2) is 6.39. The van der Waals surface area contributed by atoms with Crippen molar-refractivity contribution in [2.45, 2.75) is 13.3 Å². The summed E-state index contributed by atoms with van der Waals surface area (Å²) in [6.45, 7) is 1.95. The Bertz CT molecular complexity index is 507. The average molecular weight is 272 g/mol. The number of ether oxygens (including phenoxy) is 1. The normalized spacial score (nSPS) is 11.2. The van der Waals surface area contributed by atoms with Crippen LogP contribution in [0.25, 0.3) is 0 Å². The quantitative estimate of drug-likeness (QED) is 0.808. The average Bonchev–Trinajstić information content (AvgIpc) is 2.26. The van der Waals surface area contributed by atoms with Gasteiger partial charge in [0.2, 0.25) is 0 Å². The molecule has 0 aliphatic heterocycles. The molecule has 0 radical (unpaired) electrons. The molecular formula is C12H16O5S. The third-order valence-corrected chi connectivity index (χ3v) is 3.89. The van der Waals surface area contributed by atoms with Crippen molar-refractivity contribution in [2.24, 2.45) is 0 Å². The summed E-state index contributed by atoms with van der Waals surface area (Å²) in [4.78, 5) is 10.3. The Kier molecular flexibility index (Phi) is 5.15. The lowest BCUT2D eigenvalue weighted by Crippen LogP contribution is -2.19. The zero-order valence-electron chi connectivity index (χ0n) is 10.1. The lowest BCUT2D eigenvalue weighted by atomic mass is 10.2. The second-order valence-electron chi connectivity index (χ2n) is 3.96. The molecule has 0 saturated carbocycles. The summed E-state index contributed by atoms with van der Waals surface area (Å²) >= 11 is 0.